The van der Waals surface area contributed by atoms with Gasteiger partial charge in [-0.15, -0.1) is 0 Å². The summed E-state index contributed by atoms with van der Waals surface area (Å²) in [5.74, 6) is 0.806. The van der Waals surface area contributed by atoms with Crippen molar-refractivity contribution < 1.29 is 9.53 Å². The van der Waals surface area contributed by atoms with E-state index in [1.165, 1.54) is 0 Å². The van der Waals surface area contributed by atoms with Crippen molar-refractivity contribution >= 4 is 17.3 Å². The fourth-order valence-electron chi connectivity index (χ4n) is 2.13. The third kappa shape index (κ3) is 5.17. The fourth-order valence-corrected chi connectivity index (χ4v) is 2.13. The van der Waals surface area contributed by atoms with Gasteiger partial charge in [0, 0.05) is 36.6 Å². The molecule has 0 saturated heterocycles. The number of ether oxygens (including phenoxy) is 1. The predicted octanol–water partition coefficient (Wildman–Crippen LogP) is 2.73. The molecule has 0 fully saturated rings. The molecule has 0 saturated carbocycles. The Kier molecular flexibility index (Phi) is 6.85. The average molecular weight is 293 g/mol. The van der Waals surface area contributed by atoms with Gasteiger partial charge in [-0.1, -0.05) is 6.92 Å². The van der Waals surface area contributed by atoms with E-state index >= 15 is 0 Å². The van der Waals surface area contributed by atoms with Crippen LogP contribution in [0.2, 0.25) is 0 Å². The summed E-state index contributed by atoms with van der Waals surface area (Å²) in [6.45, 7) is 9.94. The number of anilines is 2. The number of amides is 1. The van der Waals surface area contributed by atoms with E-state index in [0.717, 1.165) is 17.9 Å². The smallest absolute Gasteiger partial charge is 0.244 e. The second kappa shape index (κ2) is 8.39. The van der Waals surface area contributed by atoms with Crippen molar-refractivity contribution in [1.82, 2.24) is 4.90 Å². The molecular formula is C16H27N3O2. The number of nitrogens with one attached hydrogen (secondary N) is 1. The number of likely N-dealkylation sites (N-methyl/N-ethyl adjacent to an activating group) is 1. The van der Waals surface area contributed by atoms with Gasteiger partial charge >= 0.3 is 0 Å². The molecule has 0 aliphatic carbocycles. The monoisotopic (exact) mass is 293 g/mol. The number of carbonyl (C=O) groups excluding carboxylic acids is 1. The average Bonchev–Trinajstić information content (AvgIpc) is 2.45. The molecule has 1 aromatic rings. The molecule has 0 heterocycles. The highest BCUT2D eigenvalue weighted by atomic mass is 16.5. The Morgan fingerprint density at radius 3 is 2.52 bits per heavy atom. The van der Waals surface area contributed by atoms with Crippen molar-refractivity contribution in [3.05, 3.63) is 18.2 Å². The van der Waals surface area contributed by atoms with E-state index in [2.05, 4.69) is 12.2 Å². The van der Waals surface area contributed by atoms with Gasteiger partial charge < -0.3 is 20.7 Å². The quantitative estimate of drug-likeness (QED) is 0.723. The van der Waals surface area contributed by atoms with Crippen LogP contribution in [0.1, 0.15) is 34.1 Å². The van der Waals surface area contributed by atoms with Crippen molar-refractivity contribution in [1.29, 1.82) is 0 Å². The van der Waals surface area contributed by atoms with Gasteiger partial charge in [-0.3, -0.25) is 4.79 Å². The SMILES string of the molecule is CCCOc1cc(N)cc(NC(C)C(=O)N(CC)CC)c1. The molecule has 0 radical (unpaired) electrons. The summed E-state index contributed by atoms with van der Waals surface area (Å²) in [5, 5.41) is 3.20. The molecule has 1 rings (SSSR count). The number of nitrogens with zero attached hydrogens (tertiary/aromatic N) is 1. The Labute approximate surface area is 127 Å². The van der Waals surface area contributed by atoms with Crippen molar-refractivity contribution in [3.63, 3.8) is 0 Å². The summed E-state index contributed by atoms with van der Waals surface area (Å²) in [4.78, 5) is 14.1. The summed E-state index contributed by atoms with van der Waals surface area (Å²) in [5.41, 5.74) is 7.30. The van der Waals surface area contributed by atoms with Crippen LogP contribution in [0.4, 0.5) is 11.4 Å². The van der Waals surface area contributed by atoms with Crippen LogP contribution in [-0.4, -0.2) is 36.5 Å². The van der Waals surface area contributed by atoms with E-state index in [9.17, 15) is 4.79 Å². The number of hydrogen-bond donors (Lipinski definition) is 2. The molecule has 5 heteroatoms. The Morgan fingerprint density at radius 2 is 1.95 bits per heavy atom. The molecule has 0 aliphatic rings. The van der Waals surface area contributed by atoms with Gasteiger partial charge in [-0.05, 0) is 33.3 Å². The molecule has 21 heavy (non-hydrogen) atoms. The van der Waals surface area contributed by atoms with E-state index < -0.39 is 0 Å². The molecule has 3 N–H and O–H groups in total. The minimum absolute atomic E-state index is 0.0819. The van der Waals surface area contributed by atoms with Crippen LogP contribution >= 0.6 is 0 Å². The van der Waals surface area contributed by atoms with Crippen LogP contribution in [0.25, 0.3) is 0 Å². The molecule has 1 atom stereocenters. The van der Waals surface area contributed by atoms with E-state index in [1.807, 2.05) is 32.9 Å². The lowest BCUT2D eigenvalue weighted by molar-refractivity contribution is -0.131. The Balaban J connectivity index is 2.77. The van der Waals surface area contributed by atoms with E-state index in [4.69, 9.17) is 10.5 Å². The van der Waals surface area contributed by atoms with Crippen LogP contribution in [0.5, 0.6) is 5.75 Å². The highest BCUT2D eigenvalue weighted by molar-refractivity contribution is 5.84. The van der Waals surface area contributed by atoms with Gasteiger partial charge in [-0.2, -0.15) is 0 Å². The Morgan fingerprint density at radius 1 is 1.29 bits per heavy atom. The van der Waals surface area contributed by atoms with Crippen molar-refractivity contribution in [2.75, 3.05) is 30.7 Å². The standard InChI is InChI=1S/C16H27N3O2/c1-5-8-21-15-10-13(17)9-14(11-15)18-12(4)16(20)19(6-2)7-3/h9-12,18H,5-8,17H2,1-4H3. The maximum Gasteiger partial charge on any atom is 0.244 e. The summed E-state index contributed by atoms with van der Waals surface area (Å²) >= 11 is 0. The zero-order chi connectivity index (χ0) is 15.8. The van der Waals surface area contributed by atoms with Crippen LogP contribution in [-0.2, 0) is 4.79 Å². The number of carbonyl (C=O) groups is 1. The molecule has 5 nitrogen and oxygen atoms in total. The molecule has 0 aromatic heterocycles. The summed E-state index contributed by atoms with van der Waals surface area (Å²) in [6.07, 6.45) is 0.939. The first-order valence-corrected chi connectivity index (χ1v) is 7.60. The van der Waals surface area contributed by atoms with Gasteiger partial charge in [0.05, 0.1) is 6.61 Å². The topological polar surface area (TPSA) is 67.6 Å². The summed E-state index contributed by atoms with van der Waals surface area (Å²) in [6, 6.07) is 5.17. The lowest BCUT2D eigenvalue weighted by Crippen LogP contribution is -2.41. The van der Waals surface area contributed by atoms with E-state index in [1.54, 1.807) is 11.0 Å². The minimum Gasteiger partial charge on any atom is -0.493 e. The molecule has 0 bridgehead atoms. The van der Waals surface area contributed by atoms with E-state index in [-0.39, 0.29) is 11.9 Å². The third-order valence-electron chi connectivity index (χ3n) is 3.23. The second-order valence-electron chi connectivity index (χ2n) is 5.02. The summed E-state index contributed by atoms with van der Waals surface area (Å²) in [7, 11) is 0. The van der Waals surface area contributed by atoms with Gasteiger partial charge in [0.25, 0.3) is 0 Å². The van der Waals surface area contributed by atoms with Crippen molar-refractivity contribution in [3.8, 4) is 5.75 Å². The highest BCUT2D eigenvalue weighted by Crippen LogP contribution is 2.23. The molecule has 0 spiro atoms. The van der Waals surface area contributed by atoms with Crippen molar-refractivity contribution in [2.24, 2.45) is 0 Å². The first-order valence-electron chi connectivity index (χ1n) is 7.60. The maximum absolute atomic E-state index is 12.3. The summed E-state index contributed by atoms with van der Waals surface area (Å²) < 4.78 is 5.59. The van der Waals surface area contributed by atoms with Crippen LogP contribution in [0.15, 0.2) is 18.2 Å². The number of rotatable bonds is 8. The number of nitrogen functional groups attached to an aromatic ring is 1. The highest BCUT2D eigenvalue weighted by Gasteiger charge is 2.18. The van der Waals surface area contributed by atoms with Gasteiger partial charge in [0.2, 0.25) is 5.91 Å². The zero-order valence-electron chi connectivity index (χ0n) is 13.5. The molecular weight excluding hydrogens is 266 g/mol. The largest absolute Gasteiger partial charge is 0.493 e. The molecule has 1 aromatic carbocycles. The third-order valence-corrected chi connectivity index (χ3v) is 3.23. The first-order chi connectivity index (χ1) is 10.0. The normalized spacial score (nSPS) is 11.8. The van der Waals surface area contributed by atoms with Crippen molar-refractivity contribution in [2.45, 2.75) is 40.2 Å². The van der Waals surface area contributed by atoms with E-state index in [0.29, 0.717) is 25.4 Å². The molecule has 118 valence electrons. The van der Waals surface area contributed by atoms with Gasteiger partial charge in [-0.25, -0.2) is 0 Å². The molecule has 0 aliphatic heterocycles. The minimum atomic E-state index is -0.300. The Hall–Kier alpha value is -1.91. The Bertz CT molecular complexity index is 459. The van der Waals surface area contributed by atoms with Crippen LogP contribution < -0.4 is 15.8 Å². The molecule has 1 amide bonds. The first kappa shape index (κ1) is 17.1. The fraction of sp³-hybridized carbons (Fsp3) is 0.562. The number of hydrogen-bond acceptors (Lipinski definition) is 4. The van der Waals surface area contributed by atoms with Crippen LogP contribution in [0.3, 0.4) is 0 Å². The van der Waals surface area contributed by atoms with Crippen LogP contribution in [0, 0.1) is 0 Å². The predicted molar refractivity (Wildman–Crippen MR) is 87.7 cm³/mol. The second-order valence-corrected chi connectivity index (χ2v) is 5.02. The number of nitrogens with two attached hydrogens (primary N) is 1. The van der Waals surface area contributed by atoms with Gasteiger partial charge in [0.15, 0.2) is 0 Å². The maximum atomic E-state index is 12.3. The number of benzene rings is 1. The molecule has 1 unspecified atom stereocenters. The lowest BCUT2D eigenvalue weighted by atomic mass is 10.2. The zero-order valence-corrected chi connectivity index (χ0v) is 13.5. The lowest BCUT2D eigenvalue weighted by Gasteiger charge is -2.24. The van der Waals surface area contributed by atoms with Gasteiger partial charge in [0.1, 0.15) is 11.8 Å².